The number of carboxylic acid groups (broad SMARTS) is 2. The molecular formula is C23H34N6O8. The Bertz CT molecular complexity index is 958. The van der Waals surface area contributed by atoms with Crippen molar-refractivity contribution in [2.75, 3.05) is 6.54 Å². The Morgan fingerprint density at radius 1 is 0.784 bits per heavy atom. The summed E-state index contributed by atoms with van der Waals surface area (Å²) < 4.78 is 0. The molecule has 4 atom stereocenters. The van der Waals surface area contributed by atoms with Gasteiger partial charge in [0, 0.05) is 6.42 Å². The number of carbonyl (C=O) groups excluding carboxylic acids is 4. The lowest BCUT2D eigenvalue weighted by molar-refractivity contribution is -0.147. The zero-order valence-corrected chi connectivity index (χ0v) is 20.2. The van der Waals surface area contributed by atoms with Gasteiger partial charge in [0.2, 0.25) is 23.6 Å². The average molecular weight is 523 g/mol. The summed E-state index contributed by atoms with van der Waals surface area (Å²) in [6.07, 6.45) is -0.338. The predicted octanol–water partition coefficient (Wildman–Crippen LogP) is -2.43. The molecule has 0 spiro atoms. The van der Waals surface area contributed by atoms with Crippen molar-refractivity contribution >= 4 is 35.6 Å². The fourth-order valence-corrected chi connectivity index (χ4v) is 3.33. The van der Waals surface area contributed by atoms with E-state index in [1.807, 2.05) is 0 Å². The molecule has 0 fully saturated rings. The van der Waals surface area contributed by atoms with Gasteiger partial charge in [-0.05, 0) is 31.4 Å². The lowest BCUT2D eigenvalue weighted by Crippen LogP contribution is -2.58. The van der Waals surface area contributed by atoms with Crippen molar-refractivity contribution in [2.45, 2.75) is 62.7 Å². The summed E-state index contributed by atoms with van der Waals surface area (Å²) in [6, 6.07) is 3.15. The van der Waals surface area contributed by atoms with E-state index in [0.29, 0.717) is 24.9 Å². The van der Waals surface area contributed by atoms with Crippen LogP contribution in [0.15, 0.2) is 30.3 Å². The van der Waals surface area contributed by atoms with Gasteiger partial charge in [-0.15, -0.1) is 0 Å². The SMILES string of the molecule is NCCCCC(NC(=O)C(Cc1ccccc1)NC(=O)C(N)CC(N)=O)C(=O)NC(CC(=O)O)C(=O)O. The molecule has 0 aromatic heterocycles. The molecule has 0 aliphatic rings. The van der Waals surface area contributed by atoms with Gasteiger partial charge < -0.3 is 43.4 Å². The predicted molar refractivity (Wildman–Crippen MR) is 131 cm³/mol. The summed E-state index contributed by atoms with van der Waals surface area (Å²) in [4.78, 5) is 72.0. The van der Waals surface area contributed by atoms with Crippen molar-refractivity contribution in [3.8, 4) is 0 Å². The second kappa shape index (κ2) is 15.9. The Morgan fingerprint density at radius 2 is 1.35 bits per heavy atom. The third-order valence-corrected chi connectivity index (χ3v) is 5.25. The summed E-state index contributed by atoms with van der Waals surface area (Å²) in [7, 11) is 0. The van der Waals surface area contributed by atoms with E-state index in [9.17, 15) is 33.9 Å². The molecule has 0 aliphatic heterocycles. The zero-order chi connectivity index (χ0) is 28.0. The van der Waals surface area contributed by atoms with Crippen LogP contribution >= 0.6 is 0 Å². The van der Waals surface area contributed by atoms with Crippen LogP contribution < -0.4 is 33.2 Å². The highest BCUT2D eigenvalue weighted by atomic mass is 16.4. The number of carboxylic acids is 2. The van der Waals surface area contributed by atoms with Crippen molar-refractivity contribution in [3.05, 3.63) is 35.9 Å². The minimum absolute atomic E-state index is 0.00953. The van der Waals surface area contributed by atoms with Crippen LogP contribution in [0, 0.1) is 0 Å². The van der Waals surface area contributed by atoms with Gasteiger partial charge in [0.15, 0.2) is 0 Å². The second-order valence-electron chi connectivity index (χ2n) is 8.37. The molecule has 0 radical (unpaired) electrons. The van der Waals surface area contributed by atoms with Crippen LogP contribution in [0.3, 0.4) is 0 Å². The van der Waals surface area contributed by atoms with Crippen LogP contribution in [-0.4, -0.2) is 76.5 Å². The third-order valence-electron chi connectivity index (χ3n) is 5.25. The van der Waals surface area contributed by atoms with E-state index in [4.69, 9.17) is 22.3 Å². The van der Waals surface area contributed by atoms with Crippen LogP contribution in [0.25, 0.3) is 0 Å². The van der Waals surface area contributed by atoms with Gasteiger partial charge in [-0.3, -0.25) is 24.0 Å². The zero-order valence-electron chi connectivity index (χ0n) is 20.2. The lowest BCUT2D eigenvalue weighted by atomic mass is 10.0. The number of nitrogens with two attached hydrogens (primary N) is 3. The first-order valence-electron chi connectivity index (χ1n) is 11.6. The van der Waals surface area contributed by atoms with E-state index in [1.165, 1.54) is 0 Å². The topological polar surface area (TPSA) is 257 Å². The van der Waals surface area contributed by atoms with Crippen LogP contribution in [-0.2, 0) is 35.2 Å². The van der Waals surface area contributed by atoms with Crippen LogP contribution in [0.1, 0.15) is 37.7 Å². The molecule has 204 valence electrons. The van der Waals surface area contributed by atoms with Crippen molar-refractivity contribution < 1.29 is 39.0 Å². The highest BCUT2D eigenvalue weighted by Gasteiger charge is 2.31. The van der Waals surface area contributed by atoms with Crippen LogP contribution in [0.5, 0.6) is 0 Å². The first-order chi connectivity index (χ1) is 17.4. The minimum atomic E-state index is -1.72. The molecule has 0 bridgehead atoms. The van der Waals surface area contributed by atoms with Crippen molar-refractivity contribution in [1.82, 2.24) is 16.0 Å². The molecule has 11 N–H and O–H groups in total. The quantitative estimate of drug-likeness (QED) is 0.100. The maximum Gasteiger partial charge on any atom is 0.326 e. The Kier molecular flexibility index (Phi) is 13.3. The van der Waals surface area contributed by atoms with Gasteiger partial charge >= 0.3 is 11.9 Å². The number of rotatable bonds is 17. The number of hydrogen-bond donors (Lipinski definition) is 8. The summed E-state index contributed by atoms with van der Waals surface area (Å²) >= 11 is 0. The molecular weight excluding hydrogens is 488 g/mol. The molecule has 4 unspecified atom stereocenters. The number of primary amides is 1. The number of hydrogen-bond acceptors (Lipinski definition) is 8. The maximum atomic E-state index is 13.2. The fraction of sp³-hybridized carbons (Fsp3) is 0.478. The maximum absolute atomic E-state index is 13.2. The Hall–Kier alpha value is -4.04. The third kappa shape index (κ3) is 12.0. The Morgan fingerprint density at radius 3 is 1.89 bits per heavy atom. The van der Waals surface area contributed by atoms with E-state index in [2.05, 4.69) is 16.0 Å². The van der Waals surface area contributed by atoms with Crippen molar-refractivity contribution in [3.63, 3.8) is 0 Å². The summed E-state index contributed by atoms with van der Waals surface area (Å²) in [5.41, 5.74) is 16.9. The normalized spacial score (nSPS) is 13.9. The van der Waals surface area contributed by atoms with E-state index >= 15 is 0 Å². The van der Waals surface area contributed by atoms with Gasteiger partial charge in [-0.25, -0.2) is 4.79 Å². The molecule has 1 aromatic rings. The van der Waals surface area contributed by atoms with Gasteiger partial charge in [0.05, 0.1) is 18.9 Å². The molecule has 4 amide bonds. The number of aliphatic carboxylic acids is 2. The molecule has 14 heteroatoms. The van der Waals surface area contributed by atoms with Gasteiger partial charge in [0.1, 0.15) is 18.1 Å². The molecule has 37 heavy (non-hydrogen) atoms. The largest absolute Gasteiger partial charge is 0.481 e. The molecule has 0 saturated heterocycles. The van der Waals surface area contributed by atoms with E-state index < -0.39 is 72.6 Å². The molecule has 14 nitrogen and oxygen atoms in total. The minimum Gasteiger partial charge on any atom is -0.481 e. The molecule has 0 heterocycles. The average Bonchev–Trinajstić information content (AvgIpc) is 2.82. The standard InChI is InChI=1S/C23H34N6O8/c24-9-5-4-8-15(21(34)29-17(23(36)37)12-19(31)32)27-22(35)16(10-13-6-2-1-3-7-13)28-20(33)14(25)11-18(26)30/h1-3,6-7,14-17H,4-5,8-12,24-25H2,(H2,26,30)(H,27,35)(H,28,33)(H,29,34)(H,31,32)(H,36,37). The number of unbranched alkanes of at least 4 members (excludes halogenated alkanes) is 1. The first kappa shape index (κ1) is 31.0. The summed E-state index contributed by atoms with van der Waals surface area (Å²) in [5.74, 6) is -6.30. The molecule has 0 aliphatic carbocycles. The highest BCUT2D eigenvalue weighted by molar-refractivity contribution is 5.95. The Labute approximate surface area is 213 Å². The van der Waals surface area contributed by atoms with Gasteiger partial charge in [0.25, 0.3) is 0 Å². The summed E-state index contributed by atoms with van der Waals surface area (Å²) in [6.45, 7) is 0.309. The first-order valence-corrected chi connectivity index (χ1v) is 11.6. The molecule has 1 aromatic carbocycles. The smallest absolute Gasteiger partial charge is 0.326 e. The van der Waals surface area contributed by atoms with Gasteiger partial charge in [-0.2, -0.15) is 0 Å². The number of amides is 4. The fourth-order valence-electron chi connectivity index (χ4n) is 3.33. The number of carbonyl (C=O) groups is 6. The van der Waals surface area contributed by atoms with Crippen LogP contribution in [0.2, 0.25) is 0 Å². The van der Waals surface area contributed by atoms with Crippen molar-refractivity contribution in [2.24, 2.45) is 17.2 Å². The van der Waals surface area contributed by atoms with Gasteiger partial charge in [-0.1, -0.05) is 30.3 Å². The monoisotopic (exact) mass is 522 g/mol. The lowest BCUT2D eigenvalue weighted by Gasteiger charge is -2.25. The van der Waals surface area contributed by atoms with E-state index in [1.54, 1.807) is 30.3 Å². The number of benzene rings is 1. The van der Waals surface area contributed by atoms with Crippen molar-refractivity contribution in [1.29, 1.82) is 0 Å². The number of nitrogens with one attached hydrogen (secondary N) is 3. The van der Waals surface area contributed by atoms with E-state index in [-0.39, 0.29) is 12.8 Å². The molecule has 0 saturated carbocycles. The highest BCUT2D eigenvalue weighted by Crippen LogP contribution is 2.08. The summed E-state index contributed by atoms with van der Waals surface area (Å²) in [5, 5.41) is 25.2. The van der Waals surface area contributed by atoms with E-state index in [0.717, 1.165) is 0 Å². The molecule has 1 rings (SSSR count). The Balaban J connectivity index is 3.11. The second-order valence-corrected chi connectivity index (χ2v) is 8.37. The van der Waals surface area contributed by atoms with Crippen LogP contribution in [0.4, 0.5) is 0 Å².